The van der Waals surface area contributed by atoms with Crippen LogP contribution >= 0.6 is 0 Å². The lowest BCUT2D eigenvalue weighted by Gasteiger charge is -2.14. The number of aromatic nitrogens is 2. The molecule has 5 heteroatoms. The molecule has 0 saturated heterocycles. The highest BCUT2D eigenvalue weighted by atomic mass is 35.5. The van der Waals surface area contributed by atoms with Gasteiger partial charge in [-0.1, -0.05) is 63.5 Å². The summed E-state index contributed by atoms with van der Waals surface area (Å²) in [6.45, 7) is 17.1. The van der Waals surface area contributed by atoms with Crippen LogP contribution in [-0.4, -0.2) is 20.7 Å². The van der Waals surface area contributed by atoms with E-state index in [4.69, 9.17) is 0 Å². The number of halogens is 1. The van der Waals surface area contributed by atoms with Gasteiger partial charge < -0.3 is 12.4 Å². The number of aryl methyl sites for hydroxylation is 2. The van der Waals surface area contributed by atoms with Crippen molar-refractivity contribution in [3.63, 3.8) is 0 Å². The maximum atomic E-state index is 2.48. The SMILES string of the molecule is C[Si](C)(C)CCCn1c[n+](CCC[Si](C)(C)C)c2ccccc21.[Cl-]. The Morgan fingerprint density at radius 3 is 2.08 bits per heavy atom. The molecule has 0 fully saturated rings. The third-order valence-corrected chi connectivity index (χ3v) is 8.14. The Morgan fingerprint density at radius 2 is 1.46 bits per heavy atom. The first kappa shape index (κ1) is 21.5. The van der Waals surface area contributed by atoms with E-state index in [9.17, 15) is 0 Å². The maximum absolute atomic E-state index is 2.48. The highest BCUT2D eigenvalue weighted by Gasteiger charge is 2.18. The Hall–Kier alpha value is -0.586. The van der Waals surface area contributed by atoms with E-state index < -0.39 is 16.1 Å². The van der Waals surface area contributed by atoms with Gasteiger partial charge in [0.2, 0.25) is 6.33 Å². The molecule has 0 unspecified atom stereocenters. The van der Waals surface area contributed by atoms with Crippen molar-refractivity contribution in [1.29, 1.82) is 0 Å². The molecule has 136 valence electrons. The molecule has 1 aromatic heterocycles. The topological polar surface area (TPSA) is 8.81 Å². The summed E-state index contributed by atoms with van der Waals surface area (Å²) in [5, 5.41) is 0. The average Bonchev–Trinajstić information content (AvgIpc) is 2.75. The average molecular weight is 383 g/mol. The summed E-state index contributed by atoms with van der Waals surface area (Å²) in [4.78, 5) is 0. The van der Waals surface area contributed by atoms with Crippen molar-refractivity contribution in [2.75, 3.05) is 0 Å². The quantitative estimate of drug-likeness (QED) is 0.489. The number of nitrogens with zero attached hydrogens (tertiary/aromatic N) is 2. The van der Waals surface area contributed by atoms with E-state index >= 15 is 0 Å². The van der Waals surface area contributed by atoms with Crippen molar-refractivity contribution >= 4 is 27.2 Å². The van der Waals surface area contributed by atoms with Crippen molar-refractivity contribution in [2.45, 2.75) is 77.3 Å². The van der Waals surface area contributed by atoms with Crippen LogP contribution in [0.5, 0.6) is 0 Å². The Labute approximate surface area is 156 Å². The molecule has 0 saturated carbocycles. The molecule has 2 rings (SSSR count). The molecule has 0 bridgehead atoms. The molecule has 24 heavy (non-hydrogen) atoms. The molecule has 2 aromatic rings. The van der Waals surface area contributed by atoms with Gasteiger partial charge in [0, 0.05) is 16.1 Å². The first-order valence-corrected chi connectivity index (χ1v) is 16.5. The first-order valence-electron chi connectivity index (χ1n) is 9.13. The van der Waals surface area contributed by atoms with Crippen LogP contribution in [0.3, 0.4) is 0 Å². The van der Waals surface area contributed by atoms with Crippen molar-refractivity contribution in [2.24, 2.45) is 0 Å². The minimum absolute atomic E-state index is 0. The van der Waals surface area contributed by atoms with Crippen LogP contribution in [-0.2, 0) is 13.1 Å². The highest BCUT2D eigenvalue weighted by Crippen LogP contribution is 2.16. The first-order chi connectivity index (χ1) is 10.7. The summed E-state index contributed by atoms with van der Waals surface area (Å²) in [5.41, 5.74) is 2.80. The second-order valence-electron chi connectivity index (χ2n) is 9.32. The molecule has 0 amide bonds. The van der Waals surface area contributed by atoms with Crippen molar-refractivity contribution in [1.82, 2.24) is 4.57 Å². The Morgan fingerprint density at radius 1 is 0.875 bits per heavy atom. The molecule has 0 N–H and O–H groups in total. The fraction of sp³-hybridized carbons (Fsp3) is 0.632. The van der Waals surface area contributed by atoms with E-state index in [-0.39, 0.29) is 12.4 Å². The highest BCUT2D eigenvalue weighted by molar-refractivity contribution is 6.76. The number of hydrogen-bond acceptors (Lipinski definition) is 0. The molecule has 1 aromatic carbocycles. The van der Waals surface area contributed by atoms with Gasteiger partial charge in [-0.3, -0.25) is 0 Å². The van der Waals surface area contributed by atoms with Crippen molar-refractivity contribution in [3.8, 4) is 0 Å². The molecule has 0 spiro atoms. The normalized spacial score (nSPS) is 12.4. The van der Waals surface area contributed by atoms with Gasteiger partial charge in [0.25, 0.3) is 0 Å². The molecule has 0 aliphatic rings. The minimum atomic E-state index is -0.929. The maximum Gasteiger partial charge on any atom is 0.244 e. The fourth-order valence-corrected chi connectivity index (χ4v) is 5.60. The van der Waals surface area contributed by atoms with Crippen LogP contribution in [0.25, 0.3) is 11.0 Å². The zero-order valence-corrected chi connectivity index (χ0v) is 19.2. The molecule has 0 aliphatic heterocycles. The van der Waals surface area contributed by atoms with Crippen molar-refractivity contribution < 1.29 is 17.0 Å². The minimum Gasteiger partial charge on any atom is -1.00 e. The summed E-state index contributed by atoms with van der Waals surface area (Å²) in [7, 11) is -1.86. The second kappa shape index (κ2) is 8.68. The summed E-state index contributed by atoms with van der Waals surface area (Å²) in [6.07, 6.45) is 4.98. The van der Waals surface area contributed by atoms with Crippen LogP contribution in [0.2, 0.25) is 51.4 Å². The predicted octanol–water partition coefficient (Wildman–Crippen LogP) is 2.39. The van der Waals surface area contributed by atoms with Gasteiger partial charge in [-0.25, -0.2) is 9.13 Å². The van der Waals surface area contributed by atoms with Gasteiger partial charge in [-0.15, -0.1) is 0 Å². The third kappa shape index (κ3) is 6.73. The summed E-state index contributed by atoms with van der Waals surface area (Å²) in [5.74, 6) is 0. The summed E-state index contributed by atoms with van der Waals surface area (Å²) in [6, 6.07) is 11.7. The molecule has 0 atom stereocenters. The smallest absolute Gasteiger partial charge is 0.244 e. The van der Waals surface area contributed by atoms with Crippen molar-refractivity contribution in [3.05, 3.63) is 30.6 Å². The number of hydrogen-bond donors (Lipinski definition) is 0. The van der Waals surface area contributed by atoms with Crippen LogP contribution in [0.4, 0.5) is 0 Å². The lowest BCUT2D eigenvalue weighted by atomic mass is 10.3. The molecule has 1 heterocycles. The third-order valence-electron chi connectivity index (χ3n) is 4.43. The molecular weight excluding hydrogens is 348 g/mol. The lowest BCUT2D eigenvalue weighted by Crippen LogP contribution is -3.00. The number of imidazole rings is 1. The van der Waals surface area contributed by atoms with E-state index in [1.54, 1.807) is 0 Å². The molecule has 0 aliphatic carbocycles. The van der Waals surface area contributed by atoms with E-state index in [0.29, 0.717) is 0 Å². The Balaban J connectivity index is 0.00000288. The standard InChI is InChI=1S/C19H35N2Si2.ClH/c1-22(2,3)15-9-13-20-17-21(14-10-16-23(4,5)6)19-12-8-7-11-18(19)20;/h7-8,11-12,17H,9-10,13-16H2,1-6H3;1H/q+1;/p-1. The Bertz CT molecular complexity index is 585. The number of rotatable bonds is 8. The van der Waals surface area contributed by atoms with Gasteiger partial charge >= 0.3 is 0 Å². The van der Waals surface area contributed by atoms with Crippen LogP contribution in [0.15, 0.2) is 30.6 Å². The van der Waals surface area contributed by atoms with E-state index in [2.05, 4.69) is 79.0 Å². The largest absolute Gasteiger partial charge is 1.00 e. The van der Waals surface area contributed by atoms with Crippen LogP contribution in [0, 0.1) is 0 Å². The zero-order chi connectivity index (χ0) is 17.1. The number of benzene rings is 1. The monoisotopic (exact) mass is 382 g/mol. The van der Waals surface area contributed by atoms with Gasteiger partial charge in [0.05, 0.1) is 13.1 Å². The summed E-state index contributed by atoms with van der Waals surface area (Å²) >= 11 is 0. The zero-order valence-electron chi connectivity index (χ0n) is 16.4. The van der Waals surface area contributed by atoms with Gasteiger partial charge in [0.1, 0.15) is 0 Å². The van der Waals surface area contributed by atoms with E-state index in [1.165, 1.54) is 36.0 Å². The van der Waals surface area contributed by atoms with E-state index in [1.807, 2.05) is 0 Å². The number of para-hydroxylation sites is 2. The number of fused-ring (bicyclic) bond motifs is 1. The summed E-state index contributed by atoms with van der Waals surface area (Å²) < 4.78 is 4.95. The molecular formula is C19H35ClN2Si2. The lowest BCUT2D eigenvalue weighted by molar-refractivity contribution is -0.672. The Kier molecular flexibility index (Phi) is 7.76. The van der Waals surface area contributed by atoms with Crippen LogP contribution < -0.4 is 17.0 Å². The van der Waals surface area contributed by atoms with Crippen LogP contribution in [0.1, 0.15) is 12.8 Å². The molecule has 2 nitrogen and oxygen atoms in total. The predicted molar refractivity (Wildman–Crippen MR) is 108 cm³/mol. The van der Waals surface area contributed by atoms with Gasteiger partial charge in [-0.2, -0.15) is 0 Å². The molecule has 0 radical (unpaired) electrons. The van der Waals surface area contributed by atoms with Gasteiger partial charge in [0.15, 0.2) is 11.0 Å². The van der Waals surface area contributed by atoms with Gasteiger partial charge in [-0.05, 0) is 25.0 Å². The fourth-order valence-electron chi connectivity index (χ4n) is 3.16. The van der Waals surface area contributed by atoms with E-state index in [0.717, 1.165) is 13.1 Å². The second-order valence-corrected chi connectivity index (χ2v) is 20.6.